The van der Waals surface area contributed by atoms with Crippen molar-refractivity contribution >= 4 is 0 Å². The fourth-order valence-corrected chi connectivity index (χ4v) is 2.39. The van der Waals surface area contributed by atoms with Crippen LogP contribution in [0.4, 0.5) is 0 Å². The molecule has 0 radical (unpaired) electrons. The third-order valence-corrected chi connectivity index (χ3v) is 3.24. The maximum atomic E-state index is 2.37. The quantitative estimate of drug-likeness (QED) is 0.577. The molecule has 0 heterocycles. The smallest absolute Gasteiger partial charge is 0.0101 e. The summed E-state index contributed by atoms with van der Waals surface area (Å²) < 4.78 is 0. The highest BCUT2D eigenvalue weighted by atomic mass is 14.3. The zero-order valence-electron chi connectivity index (χ0n) is 10.9. The molecule has 0 nitrogen and oxygen atoms in total. The lowest BCUT2D eigenvalue weighted by Gasteiger charge is -2.32. The second-order valence-corrected chi connectivity index (χ2v) is 4.90. The minimum absolute atomic E-state index is 0.402. The molecule has 0 fully saturated rings. The van der Waals surface area contributed by atoms with Gasteiger partial charge in [0.2, 0.25) is 0 Å². The van der Waals surface area contributed by atoms with Gasteiger partial charge in [0.15, 0.2) is 0 Å². The Morgan fingerprint density at radius 3 is 2.47 bits per heavy atom. The summed E-state index contributed by atoms with van der Waals surface area (Å²) in [6.07, 6.45) is 3.96. The van der Waals surface area contributed by atoms with Crippen LogP contribution in [-0.4, -0.2) is 0 Å². The van der Waals surface area contributed by atoms with Gasteiger partial charge in [-0.2, -0.15) is 0 Å². The lowest BCUT2D eigenvalue weighted by molar-refractivity contribution is 0.431. The highest BCUT2D eigenvalue weighted by Crippen LogP contribution is 2.36. The standard InChI is InChI=1S/C13H18.C2H6/c1-10-6-7-11-5-4-8-13(2,3)12(11)9-10;1-2/h6-7,9H,4-5,8H2,1-3H3;1-2H3. The average Bonchev–Trinajstić information content (AvgIpc) is 2.22. The summed E-state index contributed by atoms with van der Waals surface area (Å²) in [5.74, 6) is 0. The van der Waals surface area contributed by atoms with E-state index in [9.17, 15) is 0 Å². The minimum Gasteiger partial charge on any atom is -0.0683 e. The molecule has 0 spiro atoms. The second kappa shape index (κ2) is 4.83. The molecule has 0 amide bonds. The van der Waals surface area contributed by atoms with Gasteiger partial charge < -0.3 is 0 Å². The average molecular weight is 204 g/mol. The fraction of sp³-hybridized carbons (Fsp3) is 0.600. The van der Waals surface area contributed by atoms with E-state index in [1.807, 2.05) is 13.8 Å². The second-order valence-electron chi connectivity index (χ2n) is 4.90. The van der Waals surface area contributed by atoms with Gasteiger partial charge in [0.1, 0.15) is 0 Å². The van der Waals surface area contributed by atoms with Crippen molar-refractivity contribution in [1.82, 2.24) is 0 Å². The molecule has 1 aliphatic rings. The Labute approximate surface area is 94.7 Å². The molecule has 0 N–H and O–H groups in total. The molecule has 0 unspecified atom stereocenters. The van der Waals surface area contributed by atoms with E-state index in [2.05, 4.69) is 39.0 Å². The number of benzene rings is 1. The first-order chi connectivity index (χ1) is 7.09. The summed E-state index contributed by atoms with van der Waals surface area (Å²) in [5.41, 5.74) is 4.95. The van der Waals surface area contributed by atoms with Crippen molar-refractivity contribution in [2.24, 2.45) is 0 Å². The molecule has 0 bridgehead atoms. The Morgan fingerprint density at radius 1 is 1.13 bits per heavy atom. The van der Waals surface area contributed by atoms with Crippen molar-refractivity contribution in [2.45, 2.75) is 59.3 Å². The Balaban J connectivity index is 0.000000531. The van der Waals surface area contributed by atoms with Crippen molar-refractivity contribution < 1.29 is 0 Å². The van der Waals surface area contributed by atoms with Crippen LogP contribution >= 0.6 is 0 Å². The predicted octanol–water partition coefficient (Wildman–Crippen LogP) is 4.64. The molecule has 0 saturated carbocycles. The van der Waals surface area contributed by atoms with Crippen LogP contribution in [0.25, 0.3) is 0 Å². The summed E-state index contributed by atoms with van der Waals surface area (Å²) in [7, 11) is 0. The molecule has 0 aliphatic heterocycles. The molecule has 0 saturated heterocycles. The van der Waals surface area contributed by atoms with Crippen molar-refractivity contribution in [3.05, 3.63) is 34.9 Å². The van der Waals surface area contributed by atoms with Gasteiger partial charge in [0.25, 0.3) is 0 Å². The van der Waals surface area contributed by atoms with Gasteiger partial charge in [-0.3, -0.25) is 0 Å². The Morgan fingerprint density at radius 2 is 1.80 bits per heavy atom. The third-order valence-electron chi connectivity index (χ3n) is 3.24. The van der Waals surface area contributed by atoms with E-state index in [1.165, 1.54) is 24.8 Å². The summed E-state index contributed by atoms with van der Waals surface area (Å²) in [6.45, 7) is 10.9. The van der Waals surface area contributed by atoms with Gasteiger partial charge in [-0.1, -0.05) is 51.5 Å². The Hall–Kier alpha value is -0.780. The van der Waals surface area contributed by atoms with E-state index in [1.54, 1.807) is 11.1 Å². The van der Waals surface area contributed by atoms with Crippen molar-refractivity contribution in [2.75, 3.05) is 0 Å². The van der Waals surface area contributed by atoms with E-state index in [0.717, 1.165) is 0 Å². The predicted molar refractivity (Wildman–Crippen MR) is 68.5 cm³/mol. The van der Waals surface area contributed by atoms with Gasteiger partial charge in [0.05, 0.1) is 0 Å². The van der Waals surface area contributed by atoms with Crippen molar-refractivity contribution in [3.63, 3.8) is 0 Å². The number of aryl methyl sites for hydroxylation is 2. The molecule has 0 heteroatoms. The zero-order chi connectivity index (χ0) is 11.5. The molecule has 0 atom stereocenters. The van der Waals surface area contributed by atoms with Crippen molar-refractivity contribution in [3.8, 4) is 0 Å². The topological polar surface area (TPSA) is 0 Å². The summed E-state index contributed by atoms with van der Waals surface area (Å²) >= 11 is 0. The molecule has 1 aromatic carbocycles. The normalized spacial score (nSPS) is 17.4. The molecule has 2 rings (SSSR count). The summed E-state index contributed by atoms with van der Waals surface area (Å²) in [4.78, 5) is 0. The number of hydrogen-bond acceptors (Lipinski definition) is 0. The van der Waals surface area contributed by atoms with E-state index < -0.39 is 0 Å². The van der Waals surface area contributed by atoms with E-state index in [0.29, 0.717) is 5.41 Å². The van der Waals surface area contributed by atoms with Crippen LogP contribution in [0.2, 0.25) is 0 Å². The van der Waals surface area contributed by atoms with Crippen LogP contribution in [0.3, 0.4) is 0 Å². The highest BCUT2D eigenvalue weighted by Gasteiger charge is 2.26. The maximum Gasteiger partial charge on any atom is -0.0101 e. The van der Waals surface area contributed by atoms with Gasteiger partial charge in [-0.25, -0.2) is 0 Å². The third kappa shape index (κ3) is 2.62. The maximum absolute atomic E-state index is 2.37. The number of fused-ring (bicyclic) bond motifs is 1. The van der Waals surface area contributed by atoms with Crippen LogP contribution in [0.5, 0.6) is 0 Å². The first kappa shape index (κ1) is 12.3. The number of rotatable bonds is 0. The highest BCUT2D eigenvalue weighted by molar-refractivity contribution is 5.38. The first-order valence-corrected chi connectivity index (χ1v) is 6.20. The van der Waals surface area contributed by atoms with Crippen LogP contribution in [0.1, 0.15) is 57.2 Å². The molecule has 1 aliphatic carbocycles. The fourth-order valence-electron chi connectivity index (χ4n) is 2.39. The molecule has 0 aromatic heterocycles. The Bertz CT molecular complexity index is 321. The largest absolute Gasteiger partial charge is 0.0683 e. The molecule has 84 valence electrons. The SMILES string of the molecule is CC.Cc1ccc2c(c1)C(C)(C)CCC2. The monoisotopic (exact) mass is 204 g/mol. The summed E-state index contributed by atoms with van der Waals surface area (Å²) in [6, 6.07) is 6.92. The molecular weight excluding hydrogens is 180 g/mol. The van der Waals surface area contributed by atoms with Crippen LogP contribution in [0.15, 0.2) is 18.2 Å². The van der Waals surface area contributed by atoms with Gasteiger partial charge in [0, 0.05) is 0 Å². The molecule has 1 aromatic rings. The van der Waals surface area contributed by atoms with E-state index in [-0.39, 0.29) is 0 Å². The van der Waals surface area contributed by atoms with E-state index >= 15 is 0 Å². The zero-order valence-corrected chi connectivity index (χ0v) is 10.9. The van der Waals surface area contributed by atoms with E-state index in [4.69, 9.17) is 0 Å². The van der Waals surface area contributed by atoms with Crippen LogP contribution < -0.4 is 0 Å². The lowest BCUT2D eigenvalue weighted by atomic mass is 9.72. The van der Waals surface area contributed by atoms with Crippen LogP contribution in [-0.2, 0) is 11.8 Å². The summed E-state index contributed by atoms with van der Waals surface area (Å²) in [5, 5.41) is 0. The number of hydrogen-bond donors (Lipinski definition) is 0. The van der Waals surface area contributed by atoms with Crippen molar-refractivity contribution in [1.29, 1.82) is 0 Å². The van der Waals surface area contributed by atoms with Gasteiger partial charge >= 0.3 is 0 Å². The lowest BCUT2D eigenvalue weighted by Crippen LogP contribution is -2.23. The molecular formula is C15H24. The molecule has 15 heavy (non-hydrogen) atoms. The minimum atomic E-state index is 0.402. The Kier molecular flexibility index (Phi) is 3.96. The van der Waals surface area contributed by atoms with Gasteiger partial charge in [-0.15, -0.1) is 0 Å². The first-order valence-electron chi connectivity index (χ1n) is 6.20. The van der Waals surface area contributed by atoms with Gasteiger partial charge in [-0.05, 0) is 42.7 Å². The van der Waals surface area contributed by atoms with Crippen LogP contribution in [0, 0.1) is 6.92 Å².